The number of hydrogen-bond acceptors (Lipinski definition) is 4. The van der Waals surface area contributed by atoms with E-state index < -0.39 is 0 Å². The van der Waals surface area contributed by atoms with Gasteiger partial charge in [-0.3, -0.25) is 9.59 Å². The number of likely N-dealkylation sites (tertiary alicyclic amines) is 1. The Kier molecular flexibility index (Phi) is 6.87. The lowest BCUT2D eigenvalue weighted by Gasteiger charge is -2.17. The summed E-state index contributed by atoms with van der Waals surface area (Å²) in [5.74, 6) is -0.0373. The zero-order valence-electron chi connectivity index (χ0n) is 19.5. The normalized spacial score (nSPS) is 15.8. The standard InChI is InChI=1S/C26H31N5O2/c1-4-19-6-8-21(9-7-19)16-30-17-22(14-24(30)32)15-27-26(33)25-18(3)31(29-28-25)23-12-10-20(5-2)11-13-23/h6-13,22H,4-5,14-17H2,1-3H3,(H,27,33). The van der Waals surface area contributed by atoms with Crippen molar-refractivity contribution < 1.29 is 9.59 Å². The summed E-state index contributed by atoms with van der Waals surface area (Å²) < 4.78 is 1.68. The van der Waals surface area contributed by atoms with Crippen molar-refractivity contribution in [3.63, 3.8) is 0 Å². The molecule has 172 valence electrons. The number of benzene rings is 2. The van der Waals surface area contributed by atoms with Crippen molar-refractivity contribution in [2.75, 3.05) is 13.1 Å². The molecule has 2 amide bonds. The molecule has 7 heteroatoms. The maximum Gasteiger partial charge on any atom is 0.273 e. The number of nitrogens with zero attached hydrogens (tertiary/aromatic N) is 4. The van der Waals surface area contributed by atoms with E-state index in [-0.39, 0.29) is 17.7 Å². The van der Waals surface area contributed by atoms with Gasteiger partial charge in [-0.2, -0.15) is 0 Å². The van der Waals surface area contributed by atoms with Crippen LogP contribution in [0.5, 0.6) is 0 Å². The van der Waals surface area contributed by atoms with Crippen molar-refractivity contribution in [3.8, 4) is 5.69 Å². The second kappa shape index (κ2) is 9.98. The predicted molar refractivity (Wildman–Crippen MR) is 127 cm³/mol. The molecule has 0 radical (unpaired) electrons. The second-order valence-corrected chi connectivity index (χ2v) is 8.68. The maximum atomic E-state index is 12.8. The number of aryl methyl sites for hydroxylation is 2. The van der Waals surface area contributed by atoms with Crippen molar-refractivity contribution in [1.29, 1.82) is 0 Å². The molecule has 1 atom stereocenters. The summed E-state index contributed by atoms with van der Waals surface area (Å²) in [5.41, 5.74) is 5.54. The van der Waals surface area contributed by atoms with Gasteiger partial charge in [-0.15, -0.1) is 5.10 Å². The first kappa shape index (κ1) is 22.7. The van der Waals surface area contributed by atoms with Gasteiger partial charge in [0, 0.05) is 32.0 Å². The van der Waals surface area contributed by atoms with Crippen LogP contribution in [0, 0.1) is 12.8 Å². The number of hydrogen-bond donors (Lipinski definition) is 1. The lowest BCUT2D eigenvalue weighted by molar-refractivity contribution is -0.128. The fourth-order valence-electron chi connectivity index (χ4n) is 4.22. The molecule has 0 spiro atoms. The molecule has 3 aromatic rings. The molecular weight excluding hydrogens is 414 g/mol. The largest absolute Gasteiger partial charge is 0.350 e. The first-order valence-electron chi connectivity index (χ1n) is 11.6. The number of rotatable bonds is 8. The van der Waals surface area contributed by atoms with Gasteiger partial charge < -0.3 is 10.2 Å². The van der Waals surface area contributed by atoms with Crippen LogP contribution in [0.25, 0.3) is 5.69 Å². The molecule has 1 N–H and O–H groups in total. The van der Waals surface area contributed by atoms with Gasteiger partial charge in [-0.25, -0.2) is 4.68 Å². The third-order valence-electron chi connectivity index (χ3n) is 6.35. The molecule has 2 aromatic carbocycles. The van der Waals surface area contributed by atoms with E-state index in [0.29, 0.717) is 37.4 Å². The van der Waals surface area contributed by atoms with Gasteiger partial charge in [0.15, 0.2) is 5.69 Å². The fraction of sp³-hybridized carbons (Fsp3) is 0.385. The van der Waals surface area contributed by atoms with Gasteiger partial charge >= 0.3 is 0 Å². The Morgan fingerprint density at radius 3 is 2.24 bits per heavy atom. The van der Waals surface area contributed by atoms with E-state index in [2.05, 4.69) is 65.9 Å². The minimum absolute atomic E-state index is 0.0910. The van der Waals surface area contributed by atoms with Crippen LogP contribution in [0.2, 0.25) is 0 Å². The third kappa shape index (κ3) is 5.13. The summed E-state index contributed by atoms with van der Waals surface area (Å²) in [6.07, 6.45) is 2.42. The fourth-order valence-corrected chi connectivity index (χ4v) is 4.22. The monoisotopic (exact) mass is 445 g/mol. The van der Waals surface area contributed by atoms with Crippen LogP contribution in [0.4, 0.5) is 0 Å². The summed E-state index contributed by atoms with van der Waals surface area (Å²) >= 11 is 0. The predicted octanol–water partition coefficient (Wildman–Crippen LogP) is 3.48. The molecule has 1 unspecified atom stereocenters. The average Bonchev–Trinajstić information content (AvgIpc) is 3.40. The van der Waals surface area contributed by atoms with Gasteiger partial charge in [0.1, 0.15) is 0 Å². The molecule has 0 bridgehead atoms. The lowest BCUT2D eigenvalue weighted by Crippen LogP contribution is -2.31. The highest BCUT2D eigenvalue weighted by Crippen LogP contribution is 2.20. The maximum absolute atomic E-state index is 12.8. The molecule has 33 heavy (non-hydrogen) atoms. The second-order valence-electron chi connectivity index (χ2n) is 8.68. The zero-order valence-corrected chi connectivity index (χ0v) is 19.5. The van der Waals surface area contributed by atoms with Crippen molar-refractivity contribution in [2.24, 2.45) is 5.92 Å². The van der Waals surface area contributed by atoms with Crippen molar-refractivity contribution in [2.45, 2.75) is 46.6 Å². The Hall–Kier alpha value is -3.48. The van der Waals surface area contributed by atoms with Gasteiger partial charge in [0.05, 0.1) is 11.4 Å². The van der Waals surface area contributed by atoms with E-state index in [1.807, 2.05) is 24.0 Å². The Balaban J connectivity index is 1.33. The molecular formula is C26H31N5O2. The van der Waals surface area contributed by atoms with Crippen LogP contribution in [-0.4, -0.2) is 44.8 Å². The van der Waals surface area contributed by atoms with Crippen molar-refractivity contribution in [1.82, 2.24) is 25.2 Å². The number of nitrogens with one attached hydrogen (secondary N) is 1. The summed E-state index contributed by atoms with van der Waals surface area (Å²) in [6, 6.07) is 16.5. The molecule has 4 rings (SSSR count). The Labute approximate surface area is 194 Å². The van der Waals surface area contributed by atoms with Gasteiger partial charge in [0.25, 0.3) is 5.91 Å². The molecule has 7 nitrogen and oxygen atoms in total. The molecule has 2 heterocycles. The van der Waals surface area contributed by atoms with E-state index in [1.54, 1.807) is 4.68 Å². The van der Waals surface area contributed by atoms with Gasteiger partial charge in [-0.05, 0) is 48.6 Å². The van der Waals surface area contributed by atoms with E-state index in [4.69, 9.17) is 0 Å². The Morgan fingerprint density at radius 1 is 1.00 bits per heavy atom. The smallest absolute Gasteiger partial charge is 0.273 e. The topological polar surface area (TPSA) is 80.1 Å². The van der Waals surface area contributed by atoms with Crippen LogP contribution in [-0.2, 0) is 24.2 Å². The highest BCUT2D eigenvalue weighted by molar-refractivity contribution is 5.93. The van der Waals surface area contributed by atoms with Crippen molar-refractivity contribution in [3.05, 3.63) is 76.6 Å². The van der Waals surface area contributed by atoms with Crippen LogP contribution < -0.4 is 5.32 Å². The third-order valence-corrected chi connectivity index (χ3v) is 6.35. The highest BCUT2D eigenvalue weighted by Gasteiger charge is 2.30. The number of aromatic nitrogens is 3. The Bertz CT molecular complexity index is 1120. The summed E-state index contributed by atoms with van der Waals surface area (Å²) in [4.78, 5) is 27.1. The molecule has 1 aliphatic rings. The molecule has 1 aromatic heterocycles. The molecule has 1 aliphatic heterocycles. The quantitative estimate of drug-likeness (QED) is 0.576. The van der Waals surface area contributed by atoms with E-state index >= 15 is 0 Å². The SMILES string of the molecule is CCc1ccc(CN2CC(CNC(=O)c3nnn(-c4ccc(CC)cc4)c3C)CC2=O)cc1. The van der Waals surface area contributed by atoms with E-state index in [0.717, 1.165) is 24.1 Å². The Morgan fingerprint density at radius 2 is 1.61 bits per heavy atom. The number of carbonyl (C=O) groups excluding carboxylic acids is 2. The summed E-state index contributed by atoms with van der Waals surface area (Å²) in [7, 11) is 0. The zero-order chi connectivity index (χ0) is 23.4. The highest BCUT2D eigenvalue weighted by atomic mass is 16.2. The number of amides is 2. The molecule has 1 fully saturated rings. The lowest BCUT2D eigenvalue weighted by atomic mass is 10.1. The van der Waals surface area contributed by atoms with Gasteiger partial charge in [0.2, 0.25) is 5.91 Å². The summed E-state index contributed by atoms with van der Waals surface area (Å²) in [5, 5.41) is 11.2. The minimum Gasteiger partial charge on any atom is -0.350 e. The first-order chi connectivity index (χ1) is 16.0. The van der Waals surface area contributed by atoms with E-state index in [9.17, 15) is 9.59 Å². The molecule has 0 saturated carbocycles. The first-order valence-corrected chi connectivity index (χ1v) is 11.6. The number of carbonyl (C=O) groups is 2. The van der Waals surface area contributed by atoms with Crippen LogP contribution >= 0.6 is 0 Å². The van der Waals surface area contributed by atoms with Crippen LogP contribution in [0.15, 0.2) is 48.5 Å². The van der Waals surface area contributed by atoms with Crippen LogP contribution in [0.1, 0.15) is 53.1 Å². The molecule has 0 aliphatic carbocycles. The van der Waals surface area contributed by atoms with E-state index in [1.165, 1.54) is 11.1 Å². The average molecular weight is 446 g/mol. The van der Waals surface area contributed by atoms with Crippen molar-refractivity contribution >= 4 is 11.8 Å². The molecule has 1 saturated heterocycles. The minimum atomic E-state index is -0.259. The van der Waals surface area contributed by atoms with Gasteiger partial charge in [-0.1, -0.05) is 55.5 Å². The van der Waals surface area contributed by atoms with Crippen LogP contribution in [0.3, 0.4) is 0 Å². The summed E-state index contributed by atoms with van der Waals surface area (Å²) in [6.45, 7) is 7.77.